The van der Waals surface area contributed by atoms with Crippen molar-refractivity contribution in [2.75, 3.05) is 24.5 Å². The molecule has 1 aromatic heterocycles. The van der Waals surface area contributed by atoms with Gasteiger partial charge in [0.15, 0.2) is 0 Å². The molecule has 0 bridgehead atoms. The predicted octanol–water partition coefficient (Wildman–Crippen LogP) is 3.06. The number of aromatic nitrogens is 1. The summed E-state index contributed by atoms with van der Waals surface area (Å²) in [6, 6.07) is 9.20. The van der Waals surface area contributed by atoms with Gasteiger partial charge in [0.2, 0.25) is 0 Å². The van der Waals surface area contributed by atoms with E-state index in [1.165, 1.54) is 22.9 Å². The average molecular weight is 269 g/mol. The summed E-state index contributed by atoms with van der Waals surface area (Å²) in [5.41, 5.74) is 1.34. The number of hydrogen-bond donors (Lipinski definition) is 1. The van der Waals surface area contributed by atoms with Gasteiger partial charge in [-0.2, -0.15) is 0 Å². The highest BCUT2D eigenvalue weighted by Gasteiger charge is 2.23. The standard InChI is InChI=1S/C17H23N3/c1-13(2)19-10-14-7-9-20(12-14)17-5-3-4-15-6-8-18-11-16(15)17/h3-6,8,11,13-14,19H,7,9-10,12H2,1-2H3. The Labute approximate surface area is 121 Å². The third-order valence-corrected chi connectivity index (χ3v) is 4.10. The van der Waals surface area contributed by atoms with E-state index < -0.39 is 0 Å². The average Bonchev–Trinajstić information content (AvgIpc) is 2.93. The molecule has 0 saturated carbocycles. The predicted molar refractivity (Wildman–Crippen MR) is 85.2 cm³/mol. The summed E-state index contributed by atoms with van der Waals surface area (Å²) in [5.74, 6) is 0.754. The van der Waals surface area contributed by atoms with E-state index in [1.807, 2.05) is 12.4 Å². The summed E-state index contributed by atoms with van der Waals surface area (Å²) >= 11 is 0. The van der Waals surface area contributed by atoms with Crippen LogP contribution in [0.2, 0.25) is 0 Å². The van der Waals surface area contributed by atoms with Gasteiger partial charge < -0.3 is 10.2 Å². The van der Waals surface area contributed by atoms with Crippen LogP contribution in [0.15, 0.2) is 36.7 Å². The zero-order valence-corrected chi connectivity index (χ0v) is 12.3. The van der Waals surface area contributed by atoms with Gasteiger partial charge in [-0.15, -0.1) is 0 Å². The van der Waals surface area contributed by atoms with Gasteiger partial charge in [0.25, 0.3) is 0 Å². The van der Waals surface area contributed by atoms with Gasteiger partial charge in [-0.1, -0.05) is 26.0 Å². The van der Waals surface area contributed by atoms with E-state index in [2.05, 4.69) is 53.3 Å². The minimum absolute atomic E-state index is 0.575. The lowest BCUT2D eigenvalue weighted by Crippen LogP contribution is -2.30. The summed E-state index contributed by atoms with van der Waals surface area (Å²) in [5, 5.41) is 6.11. The maximum Gasteiger partial charge on any atom is 0.0461 e. The minimum atomic E-state index is 0.575. The lowest BCUT2D eigenvalue weighted by Gasteiger charge is -2.21. The molecule has 20 heavy (non-hydrogen) atoms. The molecule has 106 valence electrons. The Hall–Kier alpha value is -1.61. The molecule has 2 aromatic rings. The second-order valence-electron chi connectivity index (χ2n) is 6.04. The van der Waals surface area contributed by atoms with Crippen LogP contribution in [-0.2, 0) is 0 Å². The Bertz CT molecular complexity index is 574. The number of hydrogen-bond acceptors (Lipinski definition) is 3. The molecule has 1 unspecified atom stereocenters. The van der Waals surface area contributed by atoms with Crippen LogP contribution < -0.4 is 10.2 Å². The molecule has 1 saturated heterocycles. The Morgan fingerprint density at radius 1 is 1.35 bits per heavy atom. The maximum absolute atomic E-state index is 4.28. The molecule has 1 N–H and O–H groups in total. The summed E-state index contributed by atoms with van der Waals surface area (Å²) in [6.45, 7) is 7.84. The summed E-state index contributed by atoms with van der Waals surface area (Å²) in [6.07, 6.45) is 5.13. The quantitative estimate of drug-likeness (QED) is 0.924. The number of fused-ring (bicyclic) bond motifs is 1. The fraction of sp³-hybridized carbons (Fsp3) is 0.471. The van der Waals surface area contributed by atoms with Crippen LogP contribution >= 0.6 is 0 Å². The highest BCUT2D eigenvalue weighted by atomic mass is 15.2. The van der Waals surface area contributed by atoms with Crippen LogP contribution in [0.25, 0.3) is 10.8 Å². The van der Waals surface area contributed by atoms with E-state index in [0.717, 1.165) is 25.6 Å². The van der Waals surface area contributed by atoms with Gasteiger partial charge in [0, 0.05) is 42.6 Å². The van der Waals surface area contributed by atoms with E-state index in [4.69, 9.17) is 0 Å². The van der Waals surface area contributed by atoms with Crippen molar-refractivity contribution in [3.05, 3.63) is 36.7 Å². The van der Waals surface area contributed by atoms with Crippen LogP contribution in [-0.4, -0.2) is 30.7 Å². The maximum atomic E-state index is 4.28. The van der Waals surface area contributed by atoms with Crippen molar-refractivity contribution in [1.82, 2.24) is 10.3 Å². The van der Waals surface area contributed by atoms with Gasteiger partial charge in [-0.3, -0.25) is 4.98 Å². The third kappa shape index (κ3) is 2.78. The normalized spacial score (nSPS) is 19.1. The lowest BCUT2D eigenvalue weighted by atomic mass is 10.1. The zero-order chi connectivity index (χ0) is 13.9. The van der Waals surface area contributed by atoms with E-state index in [1.54, 1.807) is 0 Å². The SMILES string of the molecule is CC(C)NCC1CCN(c2cccc3ccncc23)C1. The van der Waals surface area contributed by atoms with Gasteiger partial charge in [0.1, 0.15) is 0 Å². The molecule has 3 heteroatoms. The number of rotatable bonds is 4. The number of anilines is 1. The summed E-state index contributed by atoms with van der Waals surface area (Å²) in [4.78, 5) is 6.80. The largest absolute Gasteiger partial charge is 0.371 e. The van der Waals surface area contributed by atoms with Crippen molar-refractivity contribution in [3.63, 3.8) is 0 Å². The molecule has 0 aliphatic carbocycles. The van der Waals surface area contributed by atoms with Crippen LogP contribution in [0.1, 0.15) is 20.3 Å². The van der Waals surface area contributed by atoms with Crippen molar-refractivity contribution < 1.29 is 0 Å². The Balaban J connectivity index is 1.76. The van der Waals surface area contributed by atoms with Gasteiger partial charge in [-0.05, 0) is 36.4 Å². The molecule has 1 atom stereocenters. The Kier molecular flexibility index (Phi) is 3.88. The van der Waals surface area contributed by atoms with Crippen molar-refractivity contribution in [1.29, 1.82) is 0 Å². The third-order valence-electron chi connectivity index (χ3n) is 4.10. The zero-order valence-electron chi connectivity index (χ0n) is 12.3. The number of pyridine rings is 1. The monoisotopic (exact) mass is 269 g/mol. The summed E-state index contributed by atoms with van der Waals surface area (Å²) in [7, 11) is 0. The Morgan fingerprint density at radius 2 is 2.25 bits per heavy atom. The number of nitrogens with zero attached hydrogens (tertiary/aromatic N) is 2. The van der Waals surface area contributed by atoms with Gasteiger partial charge in [0.05, 0.1) is 0 Å². The fourth-order valence-electron chi connectivity index (χ4n) is 2.99. The first kappa shape index (κ1) is 13.4. The topological polar surface area (TPSA) is 28.2 Å². The fourth-order valence-corrected chi connectivity index (χ4v) is 2.99. The molecular formula is C17H23N3. The first-order chi connectivity index (χ1) is 9.74. The van der Waals surface area contributed by atoms with E-state index >= 15 is 0 Å². The number of nitrogens with one attached hydrogen (secondary N) is 1. The van der Waals surface area contributed by atoms with Crippen LogP contribution in [0, 0.1) is 5.92 Å². The van der Waals surface area contributed by atoms with E-state index in [9.17, 15) is 0 Å². The smallest absolute Gasteiger partial charge is 0.0461 e. The summed E-state index contributed by atoms with van der Waals surface area (Å²) < 4.78 is 0. The molecular weight excluding hydrogens is 246 g/mol. The molecule has 0 radical (unpaired) electrons. The first-order valence-electron chi connectivity index (χ1n) is 7.55. The second-order valence-corrected chi connectivity index (χ2v) is 6.04. The van der Waals surface area contributed by atoms with Gasteiger partial charge in [-0.25, -0.2) is 0 Å². The molecule has 1 fully saturated rings. The second kappa shape index (κ2) is 5.80. The molecule has 0 spiro atoms. The first-order valence-corrected chi connectivity index (χ1v) is 7.55. The molecule has 3 nitrogen and oxygen atoms in total. The van der Waals surface area contributed by atoms with Gasteiger partial charge >= 0.3 is 0 Å². The van der Waals surface area contributed by atoms with Crippen LogP contribution in [0.3, 0.4) is 0 Å². The van der Waals surface area contributed by atoms with E-state index in [-0.39, 0.29) is 0 Å². The lowest BCUT2D eigenvalue weighted by molar-refractivity contribution is 0.480. The van der Waals surface area contributed by atoms with Crippen molar-refractivity contribution >= 4 is 16.5 Å². The Morgan fingerprint density at radius 3 is 3.10 bits per heavy atom. The van der Waals surface area contributed by atoms with Crippen LogP contribution in [0.5, 0.6) is 0 Å². The highest BCUT2D eigenvalue weighted by Crippen LogP contribution is 2.30. The van der Waals surface area contributed by atoms with E-state index in [0.29, 0.717) is 6.04 Å². The molecule has 1 aliphatic heterocycles. The molecule has 3 rings (SSSR count). The molecule has 0 amide bonds. The number of benzene rings is 1. The van der Waals surface area contributed by atoms with Crippen molar-refractivity contribution in [2.24, 2.45) is 5.92 Å². The highest BCUT2D eigenvalue weighted by molar-refractivity contribution is 5.93. The minimum Gasteiger partial charge on any atom is -0.371 e. The molecule has 1 aromatic carbocycles. The van der Waals surface area contributed by atoms with Crippen molar-refractivity contribution in [3.8, 4) is 0 Å². The molecule has 1 aliphatic rings. The van der Waals surface area contributed by atoms with Crippen molar-refractivity contribution in [2.45, 2.75) is 26.3 Å². The van der Waals surface area contributed by atoms with Crippen LogP contribution in [0.4, 0.5) is 5.69 Å². The molecule has 2 heterocycles.